The van der Waals surface area contributed by atoms with Crippen molar-refractivity contribution >= 4 is 29.1 Å². The molecule has 0 atom stereocenters. The molecule has 2 rings (SSSR count). The van der Waals surface area contributed by atoms with Crippen LogP contribution in [0.2, 0.25) is 0 Å². The number of alkyl halides is 3. The summed E-state index contributed by atoms with van der Waals surface area (Å²) in [6.07, 6.45) is -5.03. The maximum atomic E-state index is 12.9. The minimum Gasteiger partial charge on any atom is -0.478 e. The van der Waals surface area contributed by atoms with E-state index in [1.165, 1.54) is 18.2 Å². The van der Waals surface area contributed by atoms with E-state index in [9.17, 15) is 38.2 Å². The summed E-state index contributed by atoms with van der Waals surface area (Å²) in [6.45, 7) is 0. The lowest BCUT2D eigenvalue weighted by Crippen LogP contribution is -2.08. The highest BCUT2D eigenvalue weighted by Crippen LogP contribution is 2.45. The quantitative estimate of drug-likeness (QED) is 0.596. The van der Waals surface area contributed by atoms with Gasteiger partial charge in [0, 0.05) is 17.0 Å². The minimum atomic E-state index is -5.03. The van der Waals surface area contributed by atoms with Gasteiger partial charge in [0.15, 0.2) is 4.90 Å². The fourth-order valence-corrected chi connectivity index (χ4v) is 3.09. The largest absolute Gasteiger partial charge is 0.478 e. The Balaban J connectivity index is 2.73. The molecule has 2 aromatic carbocycles. The predicted molar refractivity (Wildman–Crippen MR) is 82.3 cm³/mol. The molecule has 0 saturated carbocycles. The van der Waals surface area contributed by atoms with Crippen molar-refractivity contribution < 1.29 is 32.9 Å². The average molecular weight is 388 g/mol. The van der Waals surface area contributed by atoms with Crippen molar-refractivity contribution in [2.75, 3.05) is 0 Å². The Morgan fingerprint density at radius 1 is 1.04 bits per heavy atom. The molecule has 1 N–H and O–H groups in total. The molecule has 8 nitrogen and oxygen atoms in total. The highest BCUT2D eigenvalue weighted by molar-refractivity contribution is 7.99. The summed E-state index contributed by atoms with van der Waals surface area (Å²) in [4.78, 5) is 30.4. The fraction of sp³-hybridized carbons (Fsp3) is 0.0714. The third kappa shape index (κ3) is 3.91. The summed E-state index contributed by atoms with van der Waals surface area (Å²) in [7, 11) is 0. The van der Waals surface area contributed by atoms with Crippen molar-refractivity contribution in [1.29, 1.82) is 0 Å². The fourth-order valence-electron chi connectivity index (χ4n) is 1.98. The highest BCUT2D eigenvalue weighted by Gasteiger charge is 2.38. The first-order chi connectivity index (χ1) is 12.0. The predicted octanol–water partition coefficient (Wildman–Crippen LogP) is 4.37. The first kappa shape index (κ1) is 19.2. The van der Waals surface area contributed by atoms with E-state index in [1.54, 1.807) is 0 Å². The number of nitro groups is 2. The Hall–Kier alpha value is -3.15. The van der Waals surface area contributed by atoms with E-state index in [4.69, 9.17) is 5.11 Å². The number of carboxylic acids is 1. The van der Waals surface area contributed by atoms with Crippen molar-refractivity contribution in [2.24, 2.45) is 0 Å². The SMILES string of the molecule is O=C(O)c1ccccc1Sc1c([N+](=O)[O-])cc(C(F)(F)F)cc1[N+](=O)[O-]. The third-order valence-electron chi connectivity index (χ3n) is 3.10. The molecule has 0 aliphatic rings. The second-order valence-corrected chi connectivity index (χ2v) is 5.81. The second kappa shape index (κ2) is 7.00. The molecule has 26 heavy (non-hydrogen) atoms. The summed E-state index contributed by atoms with van der Waals surface area (Å²) in [5, 5.41) is 31.5. The molecule has 0 amide bonds. The summed E-state index contributed by atoms with van der Waals surface area (Å²) in [5.41, 5.74) is -4.14. The van der Waals surface area contributed by atoms with Crippen LogP contribution in [0.3, 0.4) is 0 Å². The molecule has 0 bridgehead atoms. The molecule has 0 saturated heterocycles. The number of rotatable bonds is 5. The van der Waals surface area contributed by atoms with Gasteiger partial charge >= 0.3 is 12.1 Å². The molecule has 0 fully saturated rings. The van der Waals surface area contributed by atoms with Crippen LogP contribution in [0.1, 0.15) is 15.9 Å². The third-order valence-corrected chi connectivity index (χ3v) is 4.30. The summed E-state index contributed by atoms with van der Waals surface area (Å²) in [6, 6.07) is 5.50. The van der Waals surface area contributed by atoms with Crippen LogP contribution < -0.4 is 0 Å². The standard InChI is InChI=1S/C14H7F3N2O6S/c15-14(16,17)7-5-9(18(22)23)12(10(6-7)19(24)25)26-11-4-2-1-3-8(11)13(20)21/h1-6H,(H,20,21). The zero-order valence-electron chi connectivity index (χ0n) is 12.4. The van der Waals surface area contributed by atoms with Crippen molar-refractivity contribution in [2.45, 2.75) is 16.0 Å². The molecular weight excluding hydrogens is 381 g/mol. The van der Waals surface area contributed by atoms with Gasteiger partial charge in [0.05, 0.1) is 21.0 Å². The van der Waals surface area contributed by atoms with Crippen LogP contribution in [0, 0.1) is 20.2 Å². The normalized spacial score (nSPS) is 11.2. The monoisotopic (exact) mass is 388 g/mol. The number of hydrogen-bond donors (Lipinski definition) is 1. The van der Waals surface area contributed by atoms with Gasteiger partial charge in [-0.15, -0.1) is 0 Å². The Bertz CT molecular complexity index is 881. The number of halogens is 3. The average Bonchev–Trinajstić information content (AvgIpc) is 2.53. The maximum Gasteiger partial charge on any atom is 0.416 e. The number of nitro benzene ring substituents is 2. The Morgan fingerprint density at radius 2 is 1.54 bits per heavy atom. The maximum absolute atomic E-state index is 12.9. The van der Waals surface area contributed by atoms with Crippen LogP contribution in [-0.2, 0) is 6.18 Å². The molecule has 0 aliphatic carbocycles. The number of nitrogens with zero attached hydrogens (tertiary/aromatic N) is 2. The van der Waals surface area contributed by atoms with Crippen LogP contribution in [-0.4, -0.2) is 20.9 Å². The van der Waals surface area contributed by atoms with Gasteiger partial charge in [-0.3, -0.25) is 20.2 Å². The molecular formula is C14H7F3N2O6S. The van der Waals surface area contributed by atoms with Gasteiger partial charge in [-0.25, -0.2) is 4.79 Å². The molecule has 12 heteroatoms. The van der Waals surface area contributed by atoms with Gasteiger partial charge in [-0.2, -0.15) is 13.2 Å². The van der Waals surface area contributed by atoms with Crippen LogP contribution in [0.4, 0.5) is 24.5 Å². The van der Waals surface area contributed by atoms with Gasteiger partial charge in [-0.05, 0) is 12.1 Å². The molecule has 0 radical (unpaired) electrons. The van der Waals surface area contributed by atoms with E-state index < -0.39 is 43.8 Å². The molecule has 2 aromatic rings. The number of carboxylic acid groups (broad SMARTS) is 1. The van der Waals surface area contributed by atoms with Crippen LogP contribution in [0.15, 0.2) is 46.2 Å². The smallest absolute Gasteiger partial charge is 0.416 e. The summed E-state index contributed by atoms with van der Waals surface area (Å²) < 4.78 is 38.6. The first-order valence-electron chi connectivity index (χ1n) is 6.56. The molecule has 136 valence electrons. The van der Waals surface area contributed by atoms with E-state index in [1.807, 2.05) is 0 Å². The molecule has 0 spiro atoms. The topological polar surface area (TPSA) is 124 Å². The zero-order valence-corrected chi connectivity index (χ0v) is 13.2. The minimum absolute atomic E-state index is 0.0917. The Kier molecular flexibility index (Phi) is 5.16. The number of benzene rings is 2. The van der Waals surface area contributed by atoms with Crippen molar-refractivity contribution in [1.82, 2.24) is 0 Å². The van der Waals surface area contributed by atoms with Gasteiger partial charge in [0.25, 0.3) is 11.4 Å². The van der Waals surface area contributed by atoms with Crippen molar-refractivity contribution in [3.63, 3.8) is 0 Å². The van der Waals surface area contributed by atoms with Crippen LogP contribution in [0.5, 0.6) is 0 Å². The Labute approximate surface area is 146 Å². The summed E-state index contributed by atoms with van der Waals surface area (Å²) in [5.74, 6) is -1.40. The van der Waals surface area contributed by atoms with E-state index >= 15 is 0 Å². The van der Waals surface area contributed by atoms with Gasteiger partial charge in [-0.1, -0.05) is 23.9 Å². The van der Waals surface area contributed by atoms with Crippen molar-refractivity contribution in [3.05, 3.63) is 67.8 Å². The van der Waals surface area contributed by atoms with Crippen LogP contribution in [0.25, 0.3) is 0 Å². The molecule has 0 aliphatic heterocycles. The van der Waals surface area contributed by atoms with Gasteiger partial charge < -0.3 is 5.11 Å². The van der Waals surface area contributed by atoms with E-state index in [2.05, 4.69) is 0 Å². The van der Waals surface area contributed by atoms with E-state index in [0.29, 0.717) is 11.8 Å². The Morgan fingerprint density at radius 3 is 1.96 bits per heavy atom. The van der Waals surface area contributed by atoms with Crippen molar-refractivity contribution in [3.8, 4) is 0 Å². The molecule has 0 unspecified atom stereocenters. The van der Waals surface area contributed by atoms with Crippen LogP contribution >= 0.6 is 11.8 Å². The first-order valence-corrected chi connectivity index (χ1v) is 7.38. The summed E-state index contributed by atoms with van der Waals surface area (Å²) >= 11 is 0.340. The van der Waals surface area contributed by atoms with Gasteiger partial charge in [0.1, 0.15) is 0 Å². The lowest BCUT2D eigenvalue weighted by Gasteiger charge is -2.10. The zero-order chi connectivity index (χ0) is 19.6. The molecule has 0 aromatic heterocycles. The second-order valence-electron chi connectivity index (χ2n) is 4.76. The number of carbonyl (C=O) groups is 1. The van der Waals surface area contributed by atoms with E-state index in [0.717, 1.165) is 6.07 Å². The lowest BCUT2D eigenvalue weighted by atomic mass is 10.1. The van der Waals surface area contributed by atoms with Gasteiger partial charge in [0.2, 0.25) is 0 Å². The molecule has 0 heterocycles. The number of aromatic carboxylic acids is 1. The lowest BCUT2D eigenvalue weighted by molar-refractivity contribution is -0.400. The highest BCUT2D eigenvalue weighted by atomic mass is 32.2. The number of hydrogen-bond acceptors (Lipinski definition) is 6. The van der Waals surface area contributed by atoms with E-state index in [-0.39, 0.29) is 22.6 Å².